The van der Waals surface area contributed by atoms with Gasteiger partial charge < -0.3 is 15.7 Å². The summed E-state index contributed by atoms with van der Waals surface area (Å²) in [6, 6.07) is 9.26. The molecule has 1 aliphatic heterocycles. The molecule has 1 aliphatic rings. The van der Waals surface area contributed by atoms with Gasteiger partial charge in [-0.1, -0.05) is 30.3 Å². The normalized spacial score (nSPS) is 24.7. The van der Waals surface area contributed by atoms with Crippen LogP contribution in [0.1, 0.15) is 31.4 Å². The topological polar surface area (TPSA) is 61.4 Å². The van der Waals surface area contributed by atoms with Crippen molar-refractivity contribution in [3.05, 3.63) is 35.9 Å². The molecular formula is C15H22N2O2. The Morgan fingerprint density at radius 3 is 2.79 bits per heavy atom. The predicted octanol–water partition coefficient (Wildman–Crippen LogP) is 1.23. The fourth-order valence-corrected chi connectivity index (χ4v) is 2.50. The van der Waals surface area contributed by atoms with Crippen molar-refractivity contribution in [3.63, 3.8) is 0 Å². The highest BCUT2D eigenvalue weighted by atomic mass is 16.3. The van der Waals surface area contributed by atoms with Crippen LogP contribution in [0.4, 0.5) is 0 Å². The van der Waals surface area contributed by atoms with Gasteiger partial charge in [-0.2, -0.15) is 0 Å². The number of amides is 1. The van der Waals surface area contributed by atoms with Gasteiger partial charge in [0.25, 0.3) is 0 Å². The maximum absolute atomic E-state index is 12.4. The zero-order valence-corrected chi connectivity index (χ0v) is 11.4. The first-order chi connectivity index (χ1) is 9.15. The molecule has 0 spiro atoms. The lowest BCUT2D eigenvalue weighted by atomic mass is 9.81. The van der Waals surface area contributed by atoms with Crippen LogP contribution in [0, 0.1) is 5.41 Å². The van der Waals surface area contributed by atoms with Crippen LogP contribution in [0.3, 0.4) is 0 Å². The van der Waals surface area contributed by atoms with E-state index < -0.39 is 0 Å². The molecule has 1 amide bonds. The van der Waals surface area contributed by atoms with E-state index in [1.54, 1.807) is 0 Å². The minimum Gasteiger partial charge on any atom is -0.394 e. The van der Waals surface area contributed by atoms with E-state index in [0.29, 0.717) is 6.54 Å². The van der Waals surface area contributed by atoms with Crippen molar-refractivity contribution in [1.82, 2.24) is 10.6 Å². The largest absolute Gasteiger partial charge is 0.394 e. The van der Waals surface area contributed by atoms with Gasteiger partial charge in [0.05, 0.1) is 18.1 Å². The number of piperidine rings is 1. The Labute approximate surface area is 114 Å². The highest BCUT2D eigenvalue weighted by Gasteiger charge is 2.35. The maximum atomic E-state index is 12.4. The molecule has 19 heavy (non-hydrogen) atoms. The van der Waals surface area contributed by atoms with Crippen molar-refractivity contribution in [2.45, 2.75) is 25.8 Å². The second-order valence-corrected chi connectivity index (χ2v) is 5.46. The minimum atomic E-state index is -0.375. The number of nitrogens with one attached hydrogen (secondary N) is 2. The molecule has 3 N–H and O–H groups in total. The molecule has 2 atom stereocenters. The van der Waals surface area contributed by atoms with Crippen LogP contribution in [0.2, 0.25) is 0 Å². The summed E-state index contributed by atoms with van der Waals surface area (Å²) < 4.78 is 0. The second kappa shape index (κ2) is 6.17. The van der Waals surface area contributed by atoms with E-state index in [-0.39, 0.29) is 24.0 Å². The summed E-state index contributed by atoms with van der Waals surface area (Å²) >= 11 is 0. The van der Waals surface area contributed by atoms with Crippen molar-refractivity contribution in [2.75, 3.05) is 19.7 Å². The van der Waals surface area contributed by atoms with Crippen LogP contribution in [-0.4, -0.2) is 30.7 Å². The first-order valence-electron chi connectivity index (χ1n) is 6.83. The SMILES string of the molecule is CC1(C(=O)N[C@H](CO)c2ccccc2)CCCNC1. The third kappa shape index (κ3) is 3.33. The molecule has 4 nitrogen and oxygen atoms in total. The summed E-state index contributed by atoms with van der Waals surface area (Å²) in [6.45, 7) is 3.57. The van der Waals surface area contributed by atoms with Gasteiger partial charge in [0, 0.05) is 6.54 Å². The first kappa shape index (κ1) is 14.0. The number of hydrogen-bond acceptors (Lipinski definition) is 3. The summed E-state index contributed by atoms with van der Waals surface area (Å²) in [5.41, 5.74) is 0.561. The average Bonchev–Trinajstić information content (AvgIpc) is 2.46. The van der Waals surface area contributed by atoms with Crippen LogP contribution < -0.4 is 10.6 Å². The smallest absolute Gasteiger partial charge is 0.227 e. The Morgan fingerprint density at radius 1 is 1.47 bits per heavy atom. The Balaban J connectivity index is 2.04. The summed E-state index contributed by atoms with van der Waals surface area (Å²) in [4.78, 5) is 12.4. The lowest BCUT2D eigenvalue weighted by molar-refractivity contribution is -0.132. The lowest BCUT2D eigenvalue weighted by Gasteiger charge is -2.34. The van der Waals surface area contributed by atoms with Crippen molar-refractivity contribution in [3.8, 4) is 0 Å². The van der Waals surface area contributed by atoms with Crippen LogP contribution in [0.5, 0.6) is 0 Å². The molecule has 1 unspecified atom stereocenters. The van der Waals surface area contributed by atoms with Gasteiger partial charge in [-0.3, -0.25) is 4.79 Å². The monoisotopic (exact) mass is 262 g/mol. The van der Waals surface area contributed by atoms with E-state index in [4.69, 9.17) is 0 Å². The lowest BCUT2D eigenvalue weighted by Crippen LogP contribution is -2.49. The molecule has 1 heterocycles. The minimum absolute atomic E-state index is 0.0163. The number of rotatable bonds is 4. The van der Waals surface area contributed by atoms with Crippen LogP contribution in [0.15, 0.2) is 30.3 Å². The number of carbonyl (C=O) groups is 1. The Kier molecular flexibility index (Phi) is 4.56. The van der Waals surface area contributed by atoms with Crippen LogP contribution in [0.25, 0.3) is 0 Å². The highest BCUT2D eigenvalue weighted by molar-refractivity contribution is 5.83. The Bertz CT molecular complexity index is 413. The fourth-order valence-electron chi connectivity index (χ4n) is 2.50. The van der Waals surface area contributed by atoms with Crippen molar-refractivity contribution < 1.29 is 9.90 Å². The third-order valence-corrected chi connectivity index (χ3v) is 3.84. The molecule has 1 saturated heterocycles. The van der Waals surface area contributed by atoms with Gasteiger partial charge in [-0.05, 0) is 31.9 Å². The average molecular weight is 262 g/mol. The zero-order valence-electron chi connectivity index (χ0n) is 11.4. The molecule has 1 fully saturated rings. The predicted molar refractivity (Wildman–Crippen MR) is 74.6 cm³/mol. The van der Waals surface area contributed by atoms with Gasteiger partial charge >= 0.3 is 0 Å². The van der Waals surface area contributed by atoms with Crippen molar-refractivity contribution in [2.24, 2.45) is 5.41 Å². The molecule has 1 aromatic rings. The quantitative estimate of drug-likeness (QED) is 0.765. The van der Waals surface area contributed by atoms with Crippen molar-refractivity contribution in [1.29, 1.82) is 0 Å². The van der Waals surface area contributed by atoms with Gasteiger partial charge in [-0.25, -0.2) is 0 Å². The van der Waals surface area contributed by atoms with E-state index in [2.05, 4.69) is 10.6 Å². The van der Waals surface area contributed by atoms with E-state index in [9.17, 15) is 9.90 Å². The molecule has 0 bridgehead atoms. The number of carbonyl (C=O) groups excluding carboxylic acids is 1. The Morgan fingerprint density at radius 2 is 2.21 bits per heavy atom. The summed E-state index contributed by atoms with van der Waals surface area (Å²) in [6.07, 6.45) is 1.90. The zero-order chi connectivity index (χ0) is 13.7. The van der Waals surface area contributed by atoms with Gasteiger partial charge in [-0.15, -0.1) is 0 Å². The number of hydrogen-bond donors (Lipinski definition) is 3. The summed E-state index contributed by atoms with van der Waals surface area (Å²) in [7, 11) is 0. The number of benzene rings is 1. The van der Waals surface area contributed by atoms with Gasteiger partial charge in [0.2, 0.25) is 5.91 Å². The first-order valence-corrected chi connectivity index (χ1v) is 6.83. The van der Waals surface area contributed by atoms with Gasteiger partial charge in [0.1, 0.15) is 0 Å². The summed E-state index contributed by atoms with van der Waals surface area (Å²) in [5.74, 6) is 0.0163. The molecule has 4 heteroatoms. The third-order valence-electron chi connectivity index (χ3n) is 3.84. The molecule has 104 valence electrons. The highest BCUT2D eigenvalue weighted by Crippen LogP contribution is 2.26. The Hall–Kier alpha value is -1.39. The molecule has 0 radical (unpaired) electrons. The van der Waals surface area contributed by atoms with Gasteiger partial charge in [0.15, 0.2) is 0 Å². The molecule has 0 aliphatic carbocycles. The van der Waals surface area contributed by atoms with E-state index in [0.717, 1.165) is 24.9 Å². The van der Waals surface area contributed by atoms with Crippen molar-refractivity contribution >= 4 is 5.91 Å². The molecule has 0 aromatic heterocycles. The van der Waals surface area contributed by atoms with E-state index in [1.165, 1.54) is 0 Å². The summed E-state index contributed by atoms with van der Waals surface area (Å²) in [5, 5.41) is 15.7. The molecular weight excluding hydrogens is 240 g/mol. The molecule has 2 rings (SSSR count). The molecule has 0 saturated carbocycles. The molecule has 1 aromatic carbocycles. The number of aliphatic hydroxyl groups is 1. The van der Waals surface area contributed by atoms with E-state index in [1.807, 2.05) is 37.3 Å². The number of aliphatic hydroxyl groups excluding tert-OH is 1. The van der Waals surface area contributed by atoms with Crippen LogP contribution in [-0.2, 0) is 4.79 Å². The van der Waals surface area contributed by atoms with Crippen LogP contribution >= 0.6 is 0 Å². The maximum Gasteiger partial charge on any atom is 0.227 e. The fraction of sp³-hybridized carbons (Fsp3) is 0.533. The van der Waals surface area contributed by atoms with E-state index >= 15 is 0 Å². The standard InChI is InChI=1S/C15H22N2O2/c1-15(8-5-9-16-11-15)14(19)17-13(10-18)12-6-3-2-4-7-12/h2-4,6-7,13,16,18H,5,8-11H2,1H3,(H,17,19)/t13-,15?/m1/s1. The second-order valence-electron chi connectivity index (χ2n) is 5.46.